The summed E-state index contributed by atoms with van der Waals surface area (Å²) >= 11 is 0. The maximum Gasteiger partial charge on any atom is 0.194 e. The van der Waals surface area contributed by atoms with Crippen molar-refractivity contribution in [2.45, 2.75) is 78.1 Å². The number of hydrogen-bond acceptors (Lipinski definition) is 0. The van der Waals surface area contributed by atoms with Crippen LogP contribution in [-0.2, 0) is 0 Å². The van der Waals surface area contributed by atoms with Crippen molar-refractivity contribution >= 4 is 0 Å². The molecule has 2 fully saturated rings. The molecule has 2 aromatic carbocycles. The van der Waals surface area contributed by atoms with E-state index in [0.29, 0.717) is 11.3 Å². The molecule has 0 aromatic heterocycles. The predicted molar refractivity (Wildman–Crippen MR) is 121 cm³/mol. The lowest BCUT2D eigenvalue weighted by Crippen LogP contribution is -2.30. The van der Waals surface area contributed by atoms with E-state index in [0.717, 1.165) is 48.3 Å². The largest absolute Gasteiger partial charge is 0.206 e. The average Bonchev–Trinajstić information content (AvgIpc) is 2.77. The van der Waals surface area contributed by atoms with Crippen LogP contribution in [0, 0.1) is 46.4 Å². The highest BCUT2D eigenvalue weighted by Crippen LogP contribution is 2.47. The zero-order valence-corrected chi connectivity index (χ0v) is 19.4. The molecule has 174 valence electrons. The first-order valence-corrected chi connectivity index (χ1v) is 12.1. The summed E-state index contributed by atoms with van der Waals surface area (Å²) in [5, 5.41) is 0. The summed E-state index contributed by atoms with van der Waals surface area (Å²) in [5.41, 5.74) is 1.46. The lowest BCUT2D eigenvalue weighted by molar-refractivity contribution is 0.107. The van der Waals surface area contributed by atoms with E-state index in [1.807, 2.05) is 6.07 Å². The number of halogens is 4. The third-order valence-electron chi connectivity index (χ3n) is 8.19. The number of rotatable bonds is 3. The van der Waals surface area contributed by atoms with E-state index >= 15 is 0 Å². The van der Waals surface area contributed by atoms with Crippen molar-refractivity contribution in [3.8, 4) is 11.1 Å². The molecule has 0 heterocycles. The van der Waals surface area contributed by atoms with Crippen molar-refractivity contribution in [1.29, 1.82) is 0 Å². The van der Waals surface area contributed by atoms with Crippen molar-refractivity contribution in [2.24, 2.45) is 23.2 Å². The molecule has 0 saturated heterocycles. The highest BCUT2D eigenvalue weighted by Gasteiger charge is 2.34. The molecular formula is C28H34F4. The lowest BCUT2D eigenvalue weighted by atomic mass is 9.64. The van der Waals surface area contributed by atoms with Crippen molar-refractivity contribution in [3.63, 3.8) is 0 Å². The SMILES string of the molecule is CC(C)(C)C1CCC(C2CCC(c3ccc(-c4cc(F)c(F)c(F)c4)c(F)c3)CC2)CC1. The Bertz CT molecular complexity index is 919. The molecule has 4 heteroatoms. The predicted octanol–water partition coefficient (Wildman–Crippen LogP) is 9.04. The molecule has 4 rings (SSSR count). The summed E-state index contributed by atoms with van der Waals surface area (Å²) in [4.78, 5) is 0. The Hall–Kier alpha value is -1.84. The molecule has 0 spiro atoms. The van der Waals surface area contributed by atoms with E-state index in [1.165, 1.54) is 44.6 Å². The highest BCUT2D eigenvalue weighted by atomic mass is 19.2. The van der Waals surface area contributed by atoms with Gasteiger partial charge in [0, 0.05) is 5.56 Å². The molecule has 0 amide bonds. The monoisotopic (exact) mass is 446 g/mol. The van der Waals surface area contributed by atoms with Crippen LogP contribution >= 0.6 is 0 Å². The van der Waals surface area contributed by atoms with Crippen LogP contribution in [0.1, 0.15) is 83.6 Å². The fraction of sp³-hybridized carbons (Fsp3) is 0.571. The van der Waals surface area contributed by atoms with Crippen molar-refractivity contribution in [2.75, 3.05) is 0 Å². The average molecular weight is 447 g/mol. The Labute approximate surface area is 189 Å². The molecule has 0 nitrogen and oxygen atoms in total. The maximum atomic E-state index is 14.8. The minimum absolute atomic E-state index is 0.0139. The van der Waals surface area contributed by atoms with Crippen LogP contribution in [0.4, 0.5) is 17.6 Å². The van der Waals surface area contributed by atoms with Crippen molar-refractivity contribution < 1.29 is 17.6 Å². The molecule has 2 saturated carbocycles. The molecule has 0 N–H and O–H groups in total. The van der Waals surface area contributed by atoms with Gasteiger partial charge in [0.1, 0.15) is 5.82 Å². The molecule has 2 aliphatic carbocycles. The van der Waals surface area contributed by atoms with Gasteiger partial charge in [-0.1, -0.05) is 32.9 Å². The minimum Gasteiger partial charge on any atom is -0.206 e. The van der Waals surface area contributed by atoms with Crippen LogP contribution in [0.15, 0.2) is 30.3 Å². The Kier molecular flexibility index (Phi) is 6.70. The molecule has 0 aliphatic heterocycles. The molecule has 2 aromatic rings. The summed E-state index contributed by atoms with van der Waals surface area (Å²) in [6, 6.07) is 6.61. The van der Waals surface area contributed by atoms with Gasteiger partial charge in [-0.3, -0.25) is 0 Å². The summed E-state index contributed by atoms with van der Waals surface area (Å²) in [6.07, 6.45) is 9.85. The first kappa shape index (κ1) is 23.3. The highest BCUT2D eigenvalue weighted by molar-refractivity contribution is 5.65. The smallest absolute Gasteiger partial charge is 0.194 e. The fourth-order valence-corrected chi connectivity index (χ4v) is 6.11. The molecule has 0 bridgehead atoms. The van der Waals surface area contributed by atoms with Crippen LogP contribution in [0.2, 0.25) is 0 Å². The number of benzene rings is 2. The van der Waals surface area contributed by atoms with E-state index in [1.54, 1.807) is 6.07 Å². The van der Waals surface area contributed by atoms with E-state index in [9.17, 15) is 17.6 Å². The molecule has 0 radical (unpaired) electrons. The molecule has 0 unspecified atom stereocenters. The first-order valence-electron chi connectivity index (χ1n) is 12.1. The van der Waals surface area contributed by atoms with Gasteiger partial charge in [-0.15, -0.1) is 0 Å². The summed E-state index contributed by atoms with van der Waals surface area (Å²) in [6.45, 7) is 7.07. The maximum absolute atomic E-state index is 14.8. The molecule has 2 aliphatic rings. The molecule has 0 atom stereocenters. The third-order valence-corrected chi connectivity index (χ3v) is 8.19. The quantitative estimate of drug-likeness (QED) is 0.326. The van der Waals surface area contributed by atoms with Gasteiger partial charge >= 0.3 is 0 Å². The third kappa shape index (κ3) is 4.89. The summed E-state index contributed by atoms with van der Waals surface area (Å²) < 4.78 is 55.2. The van der Waals surface area contributed by atoms with E-state index in [-0.39, 0.29) is 11.1 Å². The second-order valence-electron chi connectivity index (χ2n) is 11.1. The van der Waals surface area contributed by atoms with Crippen molar-refractivity contribution in [3.05, 3.63) is 59.2 Å². The number of hydrogen-bond donors (Lipinski definition) is 0. The molecule has 32 heavy (non-hydrogen) atoms. The van der Waals surface area contributed by atoms with Crippen LogP contribution in [0.25, 0.3) is 11.1 Å². The van der Waals surface area contributed by atoms with Gasteiger partial charge in [-0.2, -0.15) is 0 Å². The van der Waals surface area contributed by atoms with Gasteiger partial charge in [0.05, 0.1) is 0 Å². The Morgan fingerprint density at radius 1 is 0.656 bits per heavy atom. The van der Waals surface area contributed by atoms with Gasteiger partial charge in [0.15, 0.2) is 17.5 Å². The second-order valence-corrected chi connectivity index (χ2v) is 11.1. The van der Waals surface area contributed by atoms with Gasteiger partial charge in [-0.05, 0) is 110 Å². The van der Waals surface area contributed by atoms with Crippen LogP contribution in [-0.4, -0.2) is 0 Å². The Morgan fingerprint density at radius 2 is 1.19 bits per heavy atom. The fourth-order valence-electron chi connectivity index (χ4n) is 6.11. The first-order chi connectivity index (χ1) is 15.1. The molecular weight excluding hydrogens is 412 g/mol. The topological polar surface area (TPSA) is 0 Å². The van der Waals surface area contributed by atoms with E-state index in [2.05, 4.69) is 20.8 Å². The summed E-state index contributed by atoms with van der Waals surface area (Å²) in [7, 11) is 0. The standard InChI is InChI=1S/C28H34F4/c1-28(2,3)22-11-8-18(9-12-22)17-4-6-19(7-5-17)20-10-13-23(24(29)14-20)21-15-25(30)27(32)26(31)16-21/h10,13-19,22H,4-9,11-12H2,1-3H3. The van der Waals surface area contributed by atoms with Gasteiger partial charge < -0.3 is 0 Å². The van der Waals surface area contributed by atoms with Crippen LogP contribution in [0.3, 0.4) is 0 Å². The second kappa shape index (κ2) is 9.19. The lowest BCUT2D eigenvalue weighted by Gasteiger charge is -2.41. The van der Waals surface area contributed by atoms with E-state index in [4.69, 9.17) is 0 Å². The van der Waals surface area contributed by atoms with E-state index < -0.39 is 23.3 Å². The van der Waals surface area contributed by atoms with Gasteiger partial charge in [0.2, 0.25) is 0 Å². The van der Waals surface area contributed by atoms with Crippen LogP contribution < -0.4 is 0 Å². The van der Waals surface area contributed by atoms with Gasteiger partial charge in [0.25, 0.3) is 0 Å². The van der Waals surface area contributed by atoms with Crippen LogP contribution in [0.5, 0.6) is 0 Å². The normalized spacial score (nSPS) is 26.8. The summed E-state index contributed by atoms with van der Waals surface area (Å²) in [5.74, 6) is -1.90. The Morgan fingerprint density at radius 3 is 1.69 bits per heavy atom. The Balaban J connectivity index is 1.38. The zero-order valence-electron chi connectivity index (χ0n) is 19.4. The van der Waals surface area contributed by atoms with Crippen molar-refractivity contribution in [1.82, 2.24) is 0 Å². The van der Waals surface area contributed by atoms with Gasteiger partial charge in [-0.25, -0.2) is 17.6 Å². The zero-order chi connectivity index (χ0) is 23.0. The minimum atomic E-state index is -1.53.